The Balaban J connectivity index is 1.53. The van der Waals surface area contributed by atoms with Gasteiger partial charge >= 0.3 is 0 Å². The third kappa shape index (κ3) is 3.36. The van der Waals surface area contributed by atoms with Crippen LogP contribution in [0.15, 0.2) is 41.2 Å². The number of hydrogen-bond acceptors (Lipinski definition) is 7. The molecule has 1 fully saturated rings. The fourth-order valence-corrected chi connectivity index (χ4v) is 2.93. The van der Waals surface area contributed by atoms with Crippen LogP contribution in [0.5, 0.6) is 0 Å². The van der Waals surface area contributed by atoms with E-state index in [0.29, 0.717) is 23.0 Å². The lowest BCUT2D eigenvalue weighted by Gasteiger charge is -2.27. The number of rotatable bonds is 4. The molecule has 128 valence electrons. The minimum Gasteiger partial charge on any atom is -0.390 e. The maximum Gasteiger partial charge on any atom is 0.259 e. The highest BCUT2D eigenvalue weighted by Gasteiger charge is 2.14. The zero-order chi connectivity index (χ0) is 17.1. The predicted octanol–water partition coefficient (Wildman–Crippen LogP) is 2.68. The quantitative estimate of drug-likeness (QED) is 0.783. The molecule has 0 spiro atoms. The Morgan fingerprint density at radius 2 is 1.76 bits per heavy atom. The fraction of sp³-hybridized carbons (Fsp3) is 0.333. The van der Waals surface area contributed by atoms with E-state index in [-0.39, 0.29) is 6.61 Å². The molecular weight excluding hydrogens is 318 g/mol. The molecule has 0 aromatic carbocycles. The van der Waals surface area contributed by atoms with Crippen LogP contribution in [-0.2, 0) is 6.61 Å². The number of hydrogen-bond donors (Lipinski definition) is 1. The van der Waals surface area contributed by atoms with E-state index < -0.39 is 0 Å². The molecule has 3 aromatic heterocycles. The monoisotopic (exact) mass is 337 g/mol. The number of pyridine rings is 2. The summed E-state index contributed by atoms with van der Waals surface area (Å²) in [5, 5.41) is 13.1. The molecule has 1 N–H and O–H groups in total. The SMILES string of the molecule is OCc1ccc(-c2nc(-c3ccc(N4CCCCC4)nc3)no2)cn1. The van der Waals surface area contributed by atoms with Crippen LogP contribution < -0.4 is 4.90 Å². The van der Waals surface area contributed by atoms with E-state index >= 15 is 0 Å². The number of aromatic nitrogens is 4. The van der Waals surface area contributed by atoms with Gasteiger partial charge in [-0.2, -0.15) is 4.98 Å². The summed E-state index contributed by atoms with van der Waals surface area (Å²) >= 11 is 0. The second-order valence-corrected chi connectivity index (χ2v) is 6.07. The van der Waals surface area contributed by atoms with E-state index in [1.165, 1.54) is 19.3 Å². The molecule has 0 unspecified atom stereocenters. The zero-order valence-corrected chi connectivity index (χ0v) is 13.8. The van der Waals surface area contributed by atoms with Crippen LogP contribution in [0.3, 0.4) is 0 Å². The summed E-state index contributed by atoms with van der Waals surface area (Å²) in [6.07, 6.45) is 7.14. The van der Waals surface area contributed by atoms with Gasteiger partial charge in [-0.1, -0.05) is 5.16 Å². The van der Waals surface area contributed by atoms with Gasteiger partial charge in [0.05, 0.1) is 17.9 Å². The van der Waals surface area contributed by atoms with Crippen LogP contribution in [0.2, 0.25) is 0 Å². The minimum atomic E-state index is -0.0929. The fourth-order valence-electron chi connectivity index (χ4n) is 2.93. The minimum absolute atomic E-state index is 0.0929. The first-order valence-corrected chi connectivity index (χ1v) is 8.45. The molecule has 25 heavy (non-hydrogen) atoms. The van der Waals surface area contributed by atoms with Gasteiger partial charge in [-0.05, 0) is 43.5 Å². The van der Waals surface area contributed by atoms with Gasteiger partial charge in [0.15, 0.2) is 0 Å². The van der Waals surface area contributed by atoms with Crippen molar-refractivity contribution in [2.75, 3.05) is 18.0 Å². The van der Waals surface area contributed by atoms with Crippen LogP contribution in [0.4, 0.5) is 5.82 Å². The lowest BCUT2D eigenvalue weighted by atomic mass is 10.1. The van der Waals surface area contributed by atoms with E-state index in [1.807, 2.05) is 12.1 Å². The van der Waals surface area contributed by atoms with Crippen molar-refractivity contribution >= 4 is 5.82 Å². The number of piperidine rings is 1. The normalized spacial score (nSPS) is 14.7. The summed E-state index contributed by atoms with van der Waals surface area (Å²) in [4.78, 5) is 15.4. The molecule has 1 aliphatic rings. The van der Waals surface area contributed by atoms with E-state index in [2.05, 4.69) is 25.0 Å². The van der Waals surface area contributed by atoms with Crippen molar-refractivity contribution in [1.82, 2.24) is 20.1 Å². The number of aliphatic hydroxyl groups is 1. The van der Waals surface area contributed by atoms with E-state index in [1.54, 1.807) is 24.5 Å². The first-order valence-electron chi connectivity index (χ1n) is 8.45. The third-order valence-electron chi connectivity index (χ3n) is 4.35. The lowest BCUT2D eigenvalue weighted by Crippen LogP contribution is -2.29. The number of aliphatic hydroxyl groups excluding tert-OH is 1. The average molecular weight is 337 g/mol. The predicted molar refractivity (Wildman–Crippen MR) is 92.7 cm³/mol. The maximum absolute atomic E-state index is 9.04. The van der Waals surface area contributed by atoms with Crippen molar-refractivity contribution < 1.29 is 9.63 Å². The molecule has 1 saturated heterocycles. The molecule has 1 aliphatic heterocycles. The van der Waals surface area contributed by atoms with Crippen LogP contribution >= 0.6 is 0 Å². The van der Waals surface area contributed by atoms with Crippen molar-refractivity contribution in [3.8, 4) is 22.8 Å². The van der Waals surface area contributed by atoms with Crippen molar-refractivity contribution in [3.63, 3.8) is 0 Å². The van der Waals surface area contributed by atoms with Gasteiger partial charge in [0.2, 0.25) is 5.82 Å². The van der Waals surface area contributed by atoms with Gasteiger partial charge < -0.3 is 14.5 Å². The molecule has 0 radical (unpaired) electrons. The largest absolute Gasteiger partial charge is 0.390 e. The van der Waals surface area contributed by atoms with Gasteiger partial charge in [0.25, 0.3) is 5.89 Å². The molecule has 0 saturated carbocycles. The average Bonchev–Trinajstić information content (AvgIpc) is 3.19. The highest BCUT2D eigenvalue weighted by atomic mass is 16.5. The zero-order valence-electron chi connectivity index (χ0n) is 13.8. The molecule has 4 rings (SSSR count). The van der Waals surface area contributed by atoms with E-state index in [4.69, 9.17) is 9.63 Å². The number of nitrogens with zero attached hydrogens (tertiary/aromatic N) is 5. The second kappa shape index (κ2) is 6.98. The topological polar surface area (TPSA) is 88.2 Å². The Labute approximate surface area is 145 Å². The maximum atomic E-state index is 9.04. The Kier molecular flexibility index (Phi) is 4.39. The van der Waals surface area contributed by atoms with Gasteiger partial charge in [-0.15, -0.1) is 0 Å². The second-order valence-electron chi connectivity index (χ2n) is 6.07. The summed E-state index contributed by atoms with van der Waals surface area (Å²) in [7, 11) is 0. The highest BCUT2D eigenvalue weighted by molar-refractivity contribution is 5.60. The molecule has 3 aromatic rings. The summed E-state index contributed by atoms with van der Waals surface area (Å²) in [6, 6.07) is 7.51. The molecule has 0 atom stereocenters. The Morgan fingerprint density at radius 3 is 2.44 bits per heavy atom. The summed E-state index contributed by atoms with van der Waals surface area (Å²) in [5.41, 5.74) is 2.13. The van der Waals surface area contributed by atoms with Crippen molar-refractivity contribution in [2.45, 2.75) is 25.9 Å². The van der Waals surface area contributed by atoms with Gasteiger partial charge in [-0.3, -0.25) is 4.98 Å². The first-order chi connectivity index (χ1) is 12.3. The summed E-state index contributed by atoms with van der Waals surface area (Å²) in [5.74, 6) is 1.89. The first kappa shape index (κ1) is 15.7. The van der Waals surface area contributed by atoms with Crippen LogP contribution in [0, 0.1) is 0 Å². The van der Waals surface area contributed by atoms with Gasteiger partial charge in [0, 0.05) is 31.0 Å². The Hall–Kier alpha value is -2.80. The lowest BCUT2D eigenvalue weighted by molar-refractivity contribution is 0.277. The molecule has 4 heterocycles. The summed E-state index contributed by atoms with van der Waals surface area (Å²) in [6.45, 7) is 2.04. The Morgan fingerprint density at radius 1 is 0.960 bits per heavy atom. The summed E-state index contributed by atoms with van der Waals surface area (Å²) < 4.78 is 5.32. The van der Waals surface area contributed by atoms with Crippen LogP contribution in [0.1, 0.15) is 25.0 Å². The van der Waals surface area contributed by atoms with Crippen molar-refractivity contribution in [2.24, 2.45) is 0 Å². The van der Waals surface area contributed by atoms with Gasteiger partial charge in [-0.25, -0.2) is 4.98 Å². The molecule has 0 bridgehead atoms. The van der Waals surface area contributed by atoms with Crippen LogP contribution in [-0.4, -0.2) is 38.3 Å². The highest BCUT2D eigenvalue weighted by Crippen LogP contribution is 2.24. The van der Waals surface area contributed by atoms with Crippen molar-refractivity contribution in [3.05, 3.63) is 42.4 Å². The molecule has 7 nitrogen and oxygen atoms in total. The third-order valence-corrected chi connectivity index (χ3v) is 4.35. The van der Waals surface area contributed by atoms with E-state index in [9.17, 15) is 0 Å². The van der Waals surface area contributed by atoms with E-state index in [0.717, 1.165) is 24.5 Å². The van der Waals surface area contributed by atoms with Crippen LogP contribution in [0.25, 0.3) is 22.8 Å². The molecule has 0 amide bonds. The number of anilines is 1. The van der Waals surface area contributed by atoms with Gasteiger partial charge in [0.1, 0.15) is 5.82 Å². The molecule has 7 heteroatoms. The Bertz CT molecular complexity index is 823. The molecule has 0 aliphatic carbocycles. The van der Waals surface area contributed by atoms with Crippen molar-refractivity contribution in [1.29, 1.82) is 0 Å². The molecular formula is C18H19N5O2. The standard InChI is InChI=1S/C18H19N5O2/c24-12-15-6-4-14(11-19-15)18-21-17(22-25-18)13-5-7-16(20-10-13)23-8-2-1-3-9-23/h4-7,10-11,24H,1-3,8-9,12H2. The smallest absolute Gasteiger partial charge is 0.259 e.